The minimum atomic E-state index is 0.102. The van der Waals surface area contributed by atoms with Gasteiger partial charge in [-0.1, -0.05) is 56.2 Å². The van der Waals surface area contributed by atoms with Crippen LogP contribution >= 0.6 is 11.6 Å². The van der Waals surface area contributed by atoms with Crippen LogP contribution in [0.25, 0.3) is 10.9 Å². The van der Waals surface area contributed by atoms with Crippen LogP contribution in [0, 0.1) is 11.8 Å². The largest absolute Gasteiger partial charge is 0.381 e. The summed E-state index contributed by atoms with van der Waals surface area (Å²) in [6.45, 7) is 2.52. The number of nitrogens with one attached hydrogen (secondary N) is 1. The highest BCUT2D eigenvalue weighted by atomic mass is 35.5. The quantitative estimate of drug-likeness (QED) is 0.651. The van der Waals surface area contributed by atoms with Gasteiger partial charge in [-0.25, -0.2) is 0 Å². The first-order chi connectivity index (χ1) is 13.2. The van der Waals surface area contributed by atoms with E-state index in [9.17, 15) is 4.79 Å². The van der Waals surface area contributed by atoms with Gasteiger partial charge in [-0.15, -0.1) is 0 Å². The van der Waals surface area contributed by atoms with Crippen molar-refractivity contribution in [2.75, 3.05) is 18.5 Å². The molecular formula is C22H29ClN2O2. The standard InChI is InChI=1S/C22H29ClN2O2/c23-18-8-5-9-20-22(18)19(13-25(20)12-17-14-27-15-17)24-21(26)11-10-16-6-3-1-2-4-7-16/h5,8-9,13,16-17H,1-4,6-7,10-12,14-15H2,(H,24,26). The minimum Gasteiger partial charge on any atom is -0.381 e. The van der Waals surface area contributed by atoms with Gasteiger partial charge in [0.25, 0.3) is 0 Å². The fraction of sp³-hybridized carbons (Fsp3) is 0.591. The average molecular weight is 389 g/mol. The van der Waals surface area contributed by atoms with E-state index in [1.807, 2.05) is 18.3 Å². The maximum atomic E-state index is 12.6. The highest BCUT2D eigenvalue weighted by Gasteiger charge is 2.22. The van der Waals surface area contributed by atoms with Gasteiger partial charge in [0.15, 0.2) is 0 Å². The first-order valence-corrected chi connectivity index (χ1v) is 10.7. The molecule has 2 aromatic rings. The number of nitrogens with zero attached hydrogens (tertiary/aromatic N) is 1. The molecule has 1 saturated carbocycles. The number of ether oxygens (including phenoxy) is 1. The molecule has 0 radical (unpaired) electrons. The van der Waals surface area contributed by atoms with Gasteiger partial charge in [0.05, 0.1) is 29.4 Å². The Labute approximate surface area is 166 Å². The zero-order valence-electron chi connectivity index (χ0n) is 15.9. The number of halogens is 1. The summed E-state index contributed by atoms with van der Waals surface area (Å²) >= 11 is 6.47. The molecule has 1 N–H and O–H groups in total. The van der Waals surface area contributed by atoms with Gasteiger partial charge < -0.3 is 14.6 Å². The average Bonchev–Trinajstić information content (AvgIpc) is 2.80. The molecule has 0 spiro atoms. The zero-order chi connectivity index (χ0) is 18.6. The lowest BCUT2D eigenvalue weighted by Gasteiger charge is -2.26. The summed E-state index contributed by atoms with van der Waals surface area (Å²) in [5.41, 5.74) is 1.91. The van der Waals surface area contributed by atoms with Crippen molar-refractivity contribution in [3.05, 3.63) is 29.4 Å². The van der Waals surface area contributed by atoms with Crippen LogP contribution in [0.15, 0.2) is 24.4 Å². The predicted octanol–water partition coefficient (Wildman–Crippen LogP) is 5.63. The highest BCUT2D eigenvalue weighted by molar-refractivity contribution is 6.36. The van der Waals surface area contributed by atoms with Crippen molar-refractivity contribution in [1.82, 2.24) is 4.57 Å². The molecule has 2 fully saturated rings. The summed E-state index contributed by atoms with van der Waals surface area (Å²) in [6, 6.07) is 5.93. The van der Waals surface area contributed by atoms with Crippen molar-refractivity contribution in [3.8, 4) is 0 Å². The maximum absolute atomic E-state index is 12.6. The summed E-state index contributed by atoms with van der Waals surface area (Å²) in [6.07, 6.45) is 11.5. The van der Waals surface area contributed by atoms with Gasteiger partial charge in [-0.05, 0) is 24.5 Å². The van der Waals surface area contributed by atoms with E-state index in [0.29, 0.717) is 23.3 Å². The number of aromatic nitrogens is 1. The molecule has 146 valence electrons. The number of benzene rings is 1. The molecule has 0 unspecified atom stereocenters. The van der Waals surface area contributed by atoms with Crippen LogP contribution < -0.4 is 5.32 Å². The topological polar surface area (TPSA) is 43.3 Å². The van der Waals surface area contributed by atoms with Crippen molar-refractivity contribution < 1.29 is 9.53 Å². The number of hydrogen-bond donors (Lipinski definition) is 1. The van der Waals surface area contributed by atoms with E-state index in [0.717, 1.165) is 42.8 Å². The van der Waals surface area contributed by atoms with Gasteiger partial charge in [-0.2, -0.15) is 0 Å². The van der Waals surface area contributed by atoms with E-state index >= 15 is 0 Å². The molecule has 27 heavy (non-hydrogen) atoms. The van der Waals surface area contributed by atoms with Crippen molar-refractivity contribution in [1.29, 1.82) is 0 Å². The first kappa shape index (κ1) is 18.8. The van der Waals surface area contributed by atoms with E-state index in [1.54, 1.807) is 0 Å². The third-order valence-electron chi connectivity index (χ3n) is 6.05. The lowest BCUT2D eigenvalue weighted by molar-refractivity contribution is -0.116. The monoisotopic (exact) mass is 388 g/mol. The van der Waals surface area contributed by atoms with Gasteiger partial charge in [0, 0.05) is 30.5 Å². The zero-order valence-corrected chi connectivity index (χ0v) is 16.6. The van der Waals surface area contributed by atoms with Crippen molar-refractivity contribution in [2.45, 2.75) is 57.9 Å². The second kappa shape index (κ2) is 8.66. The van der Waals surface area contributed by atoms with Gasteiger partial charge in [-0.3, -0.25) is 4.79 Å². The molecule has 0 bridgehead atoms. The molecule has 2 aliphatic rings. The molecule has 5 heteroatoms. The van der Waals surface area contributed by atoms with E-state index in [-0.39, 0.29) is 5.91 Å². The minimum absolute atomic E-state index is 0.102. The van der Waals surface area contributed by atoms with Gasteiger partial charge in [0.2, 0.25) is 5.91 Å². The van der Waals surface area contributed by atoms with Crippen molar-refractivity contribution in [2.24, 2.45) is 11.8 Å². The molecule has 1 aliphatic carbocycles. The fourth-order valence-electron chi connectivity index (χ4n) is 4.42. The molecule has 0 atom stereocenters. The lowest BCUT2D eigenvalue weighted by atomic mass is 9.95. The number of anilines is 1. The van der Waals surface area contributed by atoms with Gasteiger partial charge >= 0.3 is 0 Å². The Kier molecular flexibility index (Phi) is 6.04. The normalized spacial score (nSPS) is 19.0. The van der Waals surface area contributed by atoms with Crippen LogP contribution in [0.4, 0.5) is 5.69 Å². The van der Waals surface area contributed by atoms with Crippen molar-refractivity contribution >= 4 is 34.1 Å². The molecule has 1 aromatic carbocycles. The summed E-state index contributed by atoms with van der Waals surface area (Å²) in [5, 5.41) is 4.77. The molecular weight excluding hydrogens is 360 g/mol. The third kappa shape index (κ3) is 4.49. The Bertz CT molecular complexity index is 789. The Morgan fingerprint density at radius 1 is 1.15 bits per heavy atom. The van der Waals surface area contributed by atoms with Crippen molar-refractivity contribution in [3.63, 3.8) is 0 Å². The van der Waals surface area contributed by atoms with Crippen LogP contribution in [0.5, 0.6) is 0 Å². The second-order valence-electron chi connectivity index (χ2n) is 8.18. The fourth-order valence-corrected chi connectivity index (χ4v) is 4.69. The summed E-state index contributed by atoms with van der Waals surface area (Å²) in [4.78, 5) is 12.6. The Balaban J connectivity index is 1.44. The van der Waals surface area contributed by atoms with E-state index in [1.165, 1.54) is 38.5 Å². The summed E-state index contributed by atoms with van der Waals surface area (Å²) in [7, 11) is 0. The second-order valence-corrected chi connectivity index (χ2v) is 8.58. The van der Waals surface area contributed by atoms with Crippen LogP contribution in [-0.2, 0) is 16.1 Å². The third-order valence-corrected chi connectivity index (χ3v) is 6.36. The number of amides is 1. The molecule has 4 nitrogen and oxygen atoms in total. The number of carbonyl (C=O) groups excluding carboxylic acids is 1. The Hall–Kier alpha value is -1.52. The van der Waals surface area contributed by atoms with Crippen LogP contribution in [0.1, 0.15) is 51.4 Å². The number of fused-ring (bicyclic) bond motifs is 1. The summed E-state index contributed by atoms with van der Waals surface area (Å²) in [5.74, 6) is 1.35. The highest BCUT2D eigenvalue weighted by Crippen LogP contribution is 2.34. The number of rotatable bonds is 6. The van der Waals surface area contributed by atoms with E-state index < -0.39 is 0 Å². The predicted molar refractivity (Wildman–Crippen MR) is 110 cm³/mol. The maximum Gasteiger partial charge on any atom is 0.224 e. The first-order valence-electron chi connectivity index (χ1n) is 10.4. The van der Waals surface area contributed by atoms with Crippen LogP contribution in [0.3, 0.4) is 0 Å². The van der Waals surface area contributed by atoms with Gasteiger partial charge in [0.1, 0.15) is 0 Å². The smallest absolute Gasteiger partial charge is 0.224 e. The molecule has 1 aromatic heterocycles. The number of carbonyl (C=O) groups is 1. The SMILES string of the molecule is O=C(CCC1CCCCCC1)Nc1cn(CC2COC2)c2cccc(Cl)c12. The van der Waals surface area contributed by atoms with Crippen LogP contribution in [-0.4, -0.2) is 23.7 Å². The lowest BCUT2D eigenvalue weighted by Crippen LogP contribution is -2.31. The Morgan fingerprint density at radius 3 is 2.63 bits per heavy atom. The summed E-state index contributed by atoms with van der Waals surface area (Å²) < 4.78 is 7.51. The Morgan fingerprint density at radius 2 is 1.93 bits per heavy atom. The number of hydrogen-bond acceptors (Lipinski definition) is 2. The molecule has 1 saturated heterocycles. The van der Waals surface area contributed by atoms with E-state index in [2.05, 4.69) is 16.0 Å². The van der Waals surface area contributed by atoms with Crippen LogP contribution in [0.2, 0.25) is 5.02 Å². The molecule has 1 aliphatic heterocycles. The molecule has 1 amide bonds. The molecule has 2 heterocycles. The molecule has 4 rings (SSSR count). The van der Waals surface area contributed by atoms with E-state index in [4.69, 9.17) is 16.3 Å².